The fraction of sp³-hybridized carbons (Fsp3) is 0.545. The minimum Gasteiger partial charge on any atom is -0.481 e. The number of hydrogen-bond acceptors (Lipinski definition) is 2. The van der Waals surface area contributed by atoms with Crippen molar-refractivity contribution in [2.45, 2.75) is 70.3 Å². The predicted octanol–water partition coefficient (Wildman–Crippen LogP) is 4.59. The van der Waals surface area contributed by atoms with Crippen molar-refractivity contribution in [2.24, 2.45) is 0 Å². The van der Waals surface area contributed by atoms with Crippen molar-refractivity contribution in [3.63, 3.8) is 0 Å². The summed E-state index contributed by atoms with van der Waals surface area (Å²) in [6, 6.07) is 10.7. The first-order chi connectivity index (χ1) is 12.7. The van der Waals surface area contributed by atoms with Crippen LogP contribution in [0.4, 0.5) is 0 Å². The lowest BCUT2D eigenvalue weighted by Crippen LogP contribution is -2.43. The molecule has 1 amide bonds. The Labute approximate surface area is 156 Å². The van der Waals surface area contributed by atoms with Crippen molar-refractivity contribution in [1.82, 2.24) is 4.90 Å². The van der Waals surface area contributed by atoms with Crippen LogP contribution in [0.25, 0.3) is 0 Å². The lowest BCUT2D eigenvalue weighted by molar-refractivity contribution is -0.137. The Hall–Kier alpha value is -2.10. The first-order valence-corrected chi connectivity index (χ1v) is 9.88. The third-order valence-corrected chi connectivity index (χ3v) is 4.95. The van der Waals surface area contributed by atoms with Gasteiger partial charge in [0.25, 0.3) is 0 Å². The van der Waals surface area contributed by atoms with Crippen molar-refractivity contribution >= 4 is 11.9 Å². The SMILES string of the molecule is O=C(O)CCCCCCN1C(=O)CCC[C@@H]1/C=C/CCc1ccccc1. The van der Waals surface area contributed by atoms with Gasteiger partial charge in [0.15, 0.2) is 0 Å². The molecule has 4 heteroatoms. The number of carboxylic acid groups (broad SMARTS) is 1. The summed E-state index contributed by atoms with van der Waals surface area (Å²) < 4.78 is 0. The van der Waals surface area contributed by atoms with Gasteiger partial charge in [-0.1, -0.05) is 55.3 Å². The second-order valence-corrected chi connectivity index (χ2v) is 7.06. The van der Waals surface area contributed by atoms with Gasteiger partial charge in [-0.15, -0.1) is 0 Å². The van der Waals surface area contributed by atoms with Gasteiger partial charge >= 0.3 is 5.97 Å². The highest BCUT2D eigenvalue weighted by Gasteiger charge is 2.25. The molecular weight excluding hydrogens is 326 g/mol. The van der Waals surface area contributed by atoms with Gasteiger partial charge in [-0.25, -0.2) is 0 Å². The molecule has 1 aliphatic rings. The molecule has 0 spiro atoms. The third-order valence-electron chi connectivity index (χ3n) is 4.95. The molecule has 1 N–H and O–H groups in total. The number of hydrogen-bond donors (Lipinski definition) is 1. The molecule has 1 atom stereocenters. The summed E-state index contributed by atoms with van der Waals surface area (Å²) in [7, 11) is 0. The van der Waals surface area contributed by atoms with Crippen LogP contribution in [-0.4, -0.2) is 34.5 Å². The average Bonchev–Trinajstić information content (AvgIpc) is 2.64. The standard InChI is InChI=1S/C22H31NO3/c24-21-16-10-15-20(14-8-7-13-19-11-4-3-5-12-19)23(21)18-9-2-1-6-17-22(25)26/h3-5,8,11-12,14,20H,1-2,6-7,9-10,13,15-18H2,(H,25,26)/b14-8+/t20-/m0/s1. The first kappa shape index (κ1) is 20.2. The predicted molar refractivity (Wildman–Crippen MR) is 104 cm³/mol. The zero-order chi connectivity index (χ0) is 18.6. The molecule has 1 aromatic rings. The van der Waals surface area contributed by atoms with Gasteiger partial charge in [-0.2, -0.15) is 0 Å². The average molecular weight is 357 g/mol. The first-order valence-electron chi connectivity index (χ1n) is 9.88. The maximum absolute atomic E-state index is 12.3. The topological polar surface area (TPSA) is 57.6 Å². The Balaban J connectivity index is 1.72. The highest BCUT2D eigenvalue weighted by molar-refractivity contribution is 5.77. The van der Waals surface area contributed by atoms with Gasteiger partial charge in [-0.3, -0.25) is 9.59 Å². The molecular formula is C22H31NO3. The number of nitrogens with zero attached hydrogens (tertiary/aromatic N) is 1. The van der Waals surface area contributed by atoms with E-state index in [1.54, 1.807) is 0 Å². The third kappa shape index (κ3) is 7.42. The lowest BCUT2D eigenvalue weighted by atomic mass is 9.99. The molecule has 0 aromatic heterocycles. The smallest absolute Gasteiger partial charge is 0.303 e. The quantitative estimate of drug-likeness (QED) is 0.465. The molecule has 1 heterocycles. The number of carbonyl (C=O) groups is 2. The number of amides is 1. The second-order valence-electron chi connectivity index (χ2n) is 7.06. The van der Waals surface area contributed by atoms with Gasteiger partial charge in [0.2, 0.25) is 5.91 Å². The number of piperidine rings is 1. The minimum atomic E-state index is -0.725. The molecule has 0 bridgehead atoms. The van der Waals surface area contributed by atoms with E-state index in [1.165, 1.54) is 5.56 Å². The van der Waals surface area contributed by atoms with Crippen LogP contribution < -0.4 is 0 Å². The van der Waals surface area contributed by atoms with Gasteiger partial charge in [0.1, 0.15) is 0 Å². The van der Waals surface area contributed by atoms with Crippen LogP contribution in [0.15, 0.2) is 42.5 Å². The summed E-state index contributed by atoms with van der Waals surface area (Å²) in [4.78, 5) is 24.8. The van der Waals surface area contributed by atoms with Crippen molar-refractivity contribution in [3.8, 4) is 0 Å². The Bertz CT molecular complexity index is 582. The van der Waals surface area contributed by atoms with E-state index in [0.29, 0.717) is 6.42 Å². The molecule has 4 nitrogen and oxygen atoms in total. The fourth-order valence-corrected chi connectivity index (χ4v) is 3.50. The van der Waals surface area contributed by atoms with Crippen LogP contribution in [0.3, 0.4) is 0 Å². The maximum atomic E-state index is 12.3. The number of carbonyl (C=O) groups excluding carboxylic acids is 1. The summed E-state index contributed by atoms with van der Waals surface area (Å²) in [5, 5.41) is 8.66. The van der Waals surface area contributed by atoms with Crippen LogP contribution in [0.1, 0.15) is 63.4 Å². The molecule has 0 unspecified atom stereocenters. The van der Waals surface area contributed by atoms with Crippen LogP contribution in [-0.2, 0) is 16.0 Å². The zero-order valence-corrected chi connectivity index (χ0v) is 15.6. The molecule has 26 heavy (non-hydrogen) atoms. The van der Waals surface area contributed by atoms with Gasteiger partial charge < -0.3 is 10.0 Å². The zero-order valence-electron chi connectivity index (χ0n) is 15.6. The van der Waals surface area contributed by atoms with Crippen LogP contribution in [0, 0.1) is 0 Å². The number of benzene rings is 1. The van der Waals surface area contributed by atoms with Crippen molar-refractivity contribution < 1.29 is 14.7 Å². The van der Waals surface area contributed by atoms with E-state index in [1.807, 2.05) is 11.0 Å². The number of allylic oxidation sites excluding steroid dienone is 1. The molecule has 1 aromatic carbocycles. The molecule has 0 saturated carbocycles. The van der Waals surface area contributed by atoms with Crippen LogP contribution in [0.5, 0.6) is 0 Å². The molecule has 1 fully saturated rings. The van der Waals surface area contributed by atoms with E-state index in [0.717, 1.165) is 57.9 Å². The van der Waals surface area contributed by atoms with E-state index >= 15 is 0 Å². The van der Waals surface area contributed by atoms with Crippen molar-refractivity contribution in [3.05, 3.63) is 48.0 Å². The largest absolute Gasteiger partial charge is 0.481 e. The highest BCUT2D eigenvalue weighted by Crippen LogP contribution is 2.20. The summed E-state index contributed by atoms with van der Waals surface area (Å²) in [5.41, 5.74) is 1.34. The monoisotopic (exact) mass is 357 g/mol. The normalized spacial score (nSPS) is 17.8. The lowest BCUT2D eigenvalue weighted by Gasteiger charge is -2.34. The number of rotatable bonds is 11. The summed E-state index contributed by atoms with van der Waals surface area (Å²) in [5.74, 6) is -0.462. The van der Waals surface area contributed by atoms with Crippen molar-refractivity contribution in [1.29, 1.82) is 0 Å². The van der Waals surface area contributed by atoms with E-state index in [9.17, 15) is 9.59 Å². The second kappa shape index (κ2) is 11.5. The van der Waals surface area contributed by atoms with E-state index in [2.05, 4.69) is 36.4 Å². The van der Waals surface area contributed by atoms with E-state index < -0.39 is 5.97 Å². The molecule has 142 valence electrons. The molecule has 0 radical (unpaired) electrons. The Kier molecular flexibility index (Phi) is 8.94. The fourth-order valence-electron chi connectivity index (χ4n) is 3.50. The minimum absolute atomic E-state index is 0.228. The number of aryl methyl sites for hydroxylation is 1. The van der Waals surface area contributed by atoms with Gasteiger partial charge in [0, 0.05) is 25.4 Å². The van der Waals surface area contributed by atoms with Gasteiger partial charge in [0.05, 0.1) is 0 Å². The Morgan fingerprint density at radius 2 is 1.92 bits per heavy atom. The van der Waals surface area contributed by atoms with Crippen LogP contribution in [0.2, 0.25) is 0 Å². The molecule has 0 aliphatic carbocycles. The Morgan fingerprint density at radius 3 is 2.69 bits per heavy atom. The molecule has 1 aliphatic heterocycles. The molecule has 1 saturated heterocycles. The summed E-state index contributed by atoms with van der Waals surface area (Å²) in [6.45, 7) is 0.791. The number of unbranched alkanes of at least 4 members (excludes halogenated alkanes) is 3. The van der Waals surface area contributed by atoms with Gasteiger partial charge in [-0.05, 0) is 44.1 Å². The number of aliphatic carboxylic acids is 1. The van der Waals surface area contributed by atoms with E-state index in [-0.39, 0.29) is 18.4 Å². The Morgan fingerprint density at radius 1 is 1.15 bits per heavy atom. The summed E-state index contributed by atoms with van der Waals surface area (Å²) >= 11 is 0. The summed E-state index contributed by atoms with van der Waals surface area (Å²) in [6.07, 6.45) is 13.0. The number of carboxylic acids is 1. The number of likely N-dealkylation sites (tertiary alicyclic amines) is 1. The van der Waals surface area contributed by atoms with Crippen molar-refractivity contribution in [2.75, 3.05) is 6.54 Å². The maximum Gasteiger partial charge on any atom is 0.303 e. The molecule has 2 rings (SSSR count). The van der Waals surface area contributed by atoms with Crippen LogP contribution >= 0.6 is 0 Å². The van der Waals surface area contributed by atoms with E-state index in [4.69, 9.17) is 5.11 Å². The highest BCUT2D eigenvalue weighted by atomic mass is 16.4.